The number of anilines is 1. The Bertz CT molecular complexity index is 1110. The highest BCUT2D eigenvalue weighted by molar-refractivity contribution is 5.76. The zero-order chi connectivity index (χ0) is 27.2. The summed E-state index contributed by atoms with van der Waals surface area (Å²) in [5.74, 6) is 0.0355. The van der Waals surface area contributed by atoms with Crippen molar-refractivity contribution >= 4 is 11.8 Å². The lowest BCUT2D eigenvalue weighted by Gasteiger charge is -2.29. The first kappa shape index (κ1) is 28.5. The molecular weight excluding hydrogens is 479 g/mol. The van der Waals surface area contributed by atoms with E-state index in [1.807, 2.05) is 31.7 Å². The molecule has 1 aromatic heterocycles. The fourth-order valence-electron chi connectivity index (χ4n) is 6.01. The van der Waals surface area contributed by atoms with Gasteiger partial charge in [0.15, 0.2) is 0 Å². The molecule has 1 unspecified atom stereocenters. The molecule has 38 heavy (non-hydrogen) atoms. The number of hydrogen-bond donors (Lipinski definition) is 2. The van der Waals surface area contributed by atoms with Gasteiger partial charge in [0.05, 0.1) is 0 Å². The van der Waals surface area contributed by atoms with E-state index in [-0.39, 0.29) is 11.7 Å². The molecule has 2 atom stereocenters. The molecule has 3 heterocycles. The number of nitrogens with zero attached hydrogens (tertiary/aromatic N) is 3. The molecular formula is C31H45FN4O2. The van der Waals surface area contributed by atoms with Gasteiger partial charge in [-0.05, 0) is 98.8 Å². The molecule has 4 rings (SSSR count). The van der Waals surface area contributed by atoms with E-state index in [2.05, 4.69) is 29.4 Å². The van der Waals surface area contributed by atoms with E-state index in [0.29, 0.717) is 36.7 Å². The molecule has 0 amide bonds. The van der Waals surface area contributed by atoms with Gasteiger partial charge in [-0.3, -0.25) is 9.69 Å². The zero-order valence-electron chi connectivity index (χ0n) is 23.6. The number of rotatable bonds is 12. The highest BCUT2D eigenvalue weighted by Crippen LogP contribution is 2.33. The number of aliphatic carboxylic acids is 1. The van der Waals surface area contributed by atoms with Gasteiger partial charge in [-0.25, -0.2) is 9.37 Å². The van der Waals surface area contributed by atoms with E-state index in [4.69, 9.17) is 4.98 Å². The van der Waals surface area contributed by atoms with Crippen molar-refractivity contribution in [1.29, 1.82) is 0 Å². The number of pyridine rings is 1. The Kier molecular flexibility index (Phi) is 9.77. The summed E-state index contributed by atoms with van der Waals surface area (Å²) in [5.41, 5.74) is 4.51. The molecule has 2 N–H and O–H groups in total. The topological polar surface area (TPSA) is 68.7 Å². The van der Waals surface area contributed by atoms with Gasteiger partial charge in [0.25, 0.3) is 0 Å². The number of carbonyl (C=O) groups is 1. The lowest BCUT2D eigenvalue weighted by Crippen LogP contribution is -2.38. The first-order valence-electron chi connectivity index (χ1n) is 14.5. The number of aryl methyl sites for hydroxylation is 2. The largest absolute Gasteiger partial charge is 0.480 e. The Morgan fingerprint density at radius 3 is 2.82 bits per heavy atom. The van der Waals surface area contributed by atoms with Crippen LogP contribution in [-0.2, 0) is 24.1 Å². The minimum Gasteiger partial charge on any atom is -0.480 e. The summed E-state index contributed by atoms with van der Waals surface area (Å²) in [5, 5.41) is 13.6. The maximum atomic E-state index is 14.9. The summed E-state index contributed by atoms with van der Waals surface area (Å²) in [6.45, 7) is 9.34. The number of benzene rings is 1. The van der Waals surface area contributed by atoms with Crippen molar-refractivity contribution in [3.63, 3.8) is 0 Å². The van der Waals surface area contributed by atoms with Crippen LogP contribution in [0.2, 0.25) is 0 Å². The zero-order valence-corrected chi connectivity index (χ0v) is 23.6. The van der Waals surface area contributed by atoms with Crippen LogP contribution in [0, 0.1) is 5.82 Å². The number of likely N-dealkylation sites (N-methyl/N-ethyl adjacent to an activating group) is 1. The Hall–Kier alpha value is -2.51. The van der Waals surface area contributed by atoms with E-state index >= 15 is 0 Å². The number of hydrogen-bond acceptors (Lipinski definition) is 5. The summed E-state index contributed by atoms with van der Waals surface area (Å²) >= 11 is 0. The van der Waals surface area contributed by atoms with Crippen LogP contribution >= 0.6 is 0 Å². The normalized spacial score (nSPS) is 18.6. The summed E-state index contributed by atoms with van der Waals surface area (Å²) in [4.78, 5) is 21.7. The number of carboxylic acid groups (broad SMARTS) is 1. The van der Waals surface area contributed by atoms with Gasteiger partial charge in [0.1, 0.15) is 17.7 Å². The highest BCUT2D eigenvalue weighted by Gasteiger charge is 2.36. The van der Waals surface area contributed by atoms with Crippen LogP contribution in [0.25, 0.3) is 0 Å². The van der Waals surface area contributed by atoms with Gasteiger partial charge >= 0.3 is 5.97 Å². The second kappa shape index (κ2) is 13.0. The Morgan fingerprint density at radius 2 is 2.08 bits per heavy atom. The van der Waals surface area contributed by atoms with E-state index in [0.717, 1.165) is 63.0 Å². The molecule has 0 saturated carbocycles. The maximum absolute atomic E-state index is 14.9. The molecule has 2 aromatic rings. The molecule has 208 valence electrons. The summed E-state index contributed by atoms with van der Waals surface area (Å²) in [6.07, 6.45) is 8.09. The van der Waals surface area contributed by atoms with Crippen LogP contribution in [0.1, 0.15) is 92.8 Å². The van der Waals surface area contributed by atoms with Crippen molar-refractivity contribution in [1.82, 2.24) is 14.8 Å². The van der Waals surface area contributed by atoms with Crippen molar-refractivity contribution in [2.75, 3.05) is 38.5 Å². The fourth-order valence-corrected chi connectivity index (χ4v) is 6.01. The van der Waals surface area contributed by atoms with E-state index < -0.39 is 12.0 Å². The van der Waals surface area contributed by atoms with E-state index in [1.165, 1.54) is 17.7 Å². The number of carboxylic acids is 1. The highest BCUT2D eigenvalue weighted by atomic mass is 19.1. The smallest absolute Gasteiger partial charge is 0.325 e. The van der Waals surface area contributed by atoms with Gasteiger partial charge in [0.2, 0.25) is 0 Å². The second-order valence-electron chi connectivity index (χ2n) is 11.4. The summed E-state index contributed by atoms with van der Waals surface area (Å²) in [7, 11) is 2.15. The maximum Gasteiger partial charge on any atom is 0.325 e. The molecule has 2 aliphatic rings. The van der Waals surface area contributed by atoms with Crippen molar-refractivity contribution in [3.05, 3.63) is 58.0 Å². The Morgan fingerprint density at radius 1 is 1.26 bits per heavy atom. The monoisotopic (exact) mass is 524 g/mol. The minimum absolute atomic E-state index is 0.140. The molecule has 2 aliphatic heterocycles. The average Bonchev–Trinajstić information content (AvgIpc) is 3.37. The molecule has 0 aliphatic carbocycles. The summed E-state index contributed by atoms with van der Waals surface area (Å²) < 4.78 is 14.9. The van der Waals surface area contributed by atoms with Crippen LogP contribution in [0.3, 0.4) is 0 Å². The predicted molar refractivity (Wildman–Crippen MR) is 151 cm³/mol. The van der Waals surface area contributed by atoms with Crippen molar-refractivity contribution in [3.8, 4) is 0 Å². The van der Waals surface area contributed by atoms with Crippen molar-refractivity contribution in [2.24, 2.45) is 0 Å². The predicted octanol–water partition coefficient (Wildman–Crippen LogP) is 5.81. The Labute approximate surface area is 227 Å². The lowest BCUT2D eigenvalue weighted by atomic mass is 9.91. The molecule has 1 aromatic carbocycles. The SMILES string of the molecule is CCc1c(F)cc(C(C)C)cc1C(C(=O)O)N1CC[C@@H](N(C)CCCCCc2ccc3c(n2)NCCC3)C1. The van der Waals surface area contributed by atoms with Gasteiger partial charge < -0.3 is 15.3 Å². The molecule has 7 heteroatoms. The number of likely N-dealkylation sites (tertiary alicyclic amines) is 1. The second-order valence-corrected chi connectivity index (χ2v) is 11.4. The standard InChI is InChI=1S/C31H45FN4O2/c1-5-26-27(18-23(21(2)3)19-28(26)32)29(31(37)38)36-17-14-25(20-36)35(4)16-8-6-7-11-24-13-12-22-10-9-15-33-30(22)34-24/h12-13,18-19,21,25,29H,5-11,14-17,20H2,1-4H3,(H,33,34)(H,37,38)/t25-,29?/m1/s1. The van der Waals surface area contributed by atoms with Gasteiger partial charge in [-0.15, -0.1) is 0 Å². The average molecular weight is 525 g/mol. The molecule has 0 radical (unpaired) electrons. The van der Waals surface area contributed by atoms with E-state index in [9.17, 15) is 14.3 Å². The fraction of sp³-hybridized carbons (Fsp3) is 0.613. The van der Waals surface area contributed by atoms with Crippen LogP contribution in [0.5, 0.6) is 0 Å². The number of nitrogens with one attached hydrogen (secondary N) is 1. The molecule has 0 bridgehead atoms. The molecule has 6 nitrogen and oxygen atoms in total. The molecule has 1 fully saturated rings. The number of fused-ring (bicyclic) bond motifs is 1. The van der Waals surface area contributed by atoms with Crippen LogP contribution in [0.15, 0.2) is 24.3 Å². The van der Waals surface area contributed by atoms with Crippen LogP contribution in [0.4, 0.5) is 10.2 Å². The third-order valence-corrected chi connectivity index (χ3v) is 8.38. The van der Waals surface area contributed by atoms with E-state index in [1.54, 1.807) is 6.07 Å². The summed E-state index contributed by atoms with van der Waals surface area (Å²) in [6, 6.07) is 7.41. The molecule has 0 spiro atoms. The van der Waals surface area contributed by atoms with Gasteiger partial charge in [-0.2, -0.15) is 0 Å². The Balaban J connectivity index is 1.29. The van der Waals surface area contributed by atoms with Crippen molar-refractivity contribution in [2.45, 2.75) is 90.1 Å². The first-order chi connectivity index (χ1) is 18.3. The van der Waals surface area contributed by atoms with Crippen molar-refractivity contribution < 1.29 is 14.3 Å². The number of halogens is 1. The van der Waals surface area contributed by atoms with Crippen LogP contribution in [-0.4, -0.2) is 65.1 Å². The molecule has 1 saturated heterocycles. The number of aromatic nitrogens is 1. The lowest BCUT2D eigenvalue weighted by molar-refractivity contribution is -0.143. The minimum atomic E-state index is -0.894. The third kappa shape index (κ3) is 6.73. The third-order valence-electron chi connectivity index (χ3n) is 8.38. The first-order valence-corrected chi connectivity index (χ1v) is 14.5. The number of unbranched alkanes of at least 4 members (excludes halogenated alkanes) is 2. The van der Waals surface area contributed by atoms with Gasteiger partial charge in [-0.1, -0.05) is 39.3 Å². The van der Waals surface area contributed by atoms with Gasteiger partial charge in [0, 0.05) is 31.4 Å². The quantitative estimate of drug-likeness (QED) is 0.342. The van der Waals surface area contributed by atoms with Crippen LogP contribution < -0.4 is 5.32 Å².